The number of carboxylic acid groups (broad SMARTS) is 1. The number of anilines is 3. The first-order valence-corrected chi connectivity index (χ1v) is 8.65. The molecular formula is C17H19BrN4O2. The highest BCUT2D eigenvalue weighted by Gasteiger charge is 2.25. The number of aliphatic carboxylic acids is 1. The van der Waals surface area contributed by atoms with Crippen molar-refractivity contribution in [3.8, 4) is 0 Å². The quantitative estimate of drug-likeness (QED) is 0.830. The van der Waals surface area contributed by atoms with Crippen LogP contribution in [-0.4, -0.2) is 34.1 Å². The predicted octanol–water partition coefficient (Wildman–Crippen LogP) is 3.59. The van der Waals surface area contributed by atoms with Crippen molar-refractivity contribution in [1.82, 2.24) is 9.97 Å². The Bertz CT molecular complexity index is 745. The third kappa shape index (κ3) is 3.84. The van der Waals surface area contributed by atoms with E-state index in [9.17, 15) is 4.79 Å². The highest BCUT2D eigenvalue weighted by molar-refractivity contribution is 9.10. The average Bonchev–Trinajstić information content (AvgIpc) is 2.58. The number of carboxylic acids is 1. The molecule has 0 bridgehead atoms. The molecule has 0 radical (unpaired) electrons. The number of carbonyl (C=O) groups is 1. The molecular weight excluding hydrogens is 372 g/mol. The number of nitrogens with zero attached hydrogens (tertiary/aromatic N) is 3. The van der Waals surface area contributed by atoms with Crippen molar-refractivity contribution in [3.63, 3.8) is 0 Å². The molecule has 6 nitrogen and oxygen atoms in total. The summed E-state index contributed by atoms with van der Waals surface area (Å²) in [6.07, 6.45) is 2.83. The lowest BCUT2D eigenvalue weighted by atomic mass is 9.97. The number of aryl methyl sites for hydroxylation is 1. The topological polar surface area (TPSA) is 78.4 Å². The number of benzene rings is 1. The van der Waals surface area contributed by atoms with Gasteiger partial charge in [-0.2, -0.15) is 0 Å². The number of rotatable bonds is 4. The first kappa shape index (κ1) is 16.7. The van der Waals surface area contributed by atoms with E-state index in [1.807, 2.05) is 31.2 Å². The fourth-order valence-electron chi connectivity index (χ4n) is 2.81. The van der Waals surface area contributed by atoms with E-state index in [1.165, 1.54) is 6.33 Å². The molecule has 2 N–H and O–H groups in total. The Balaban J connectivity index is 1.70. The van der Waals surface area contributed by atoms with Gasteiger partial charge < -0.3 is 15.3 Å². The van der Waals surface area contributed by atoms with Crippen molar-refractivity contribution in [3.05, 3.63) is 40.6 Å². The van der Waals surface area contributed by atoms with Crippen LogP contribution in [0.3, 0.4) is 0 Å². The first-order chi connectivity index (χ1) is 11.5. The van der Waals surface area contributed by atoms with Gasteiger partial charge in [-0.05, 0) is 43.5 Å². The molecule has 0 unspecified atom stereocenters. The summed E-state index contributed by atoms with van der Waals surface area (Å²) in [5.74, 6) is 0.601. The van der Waals surface area contributed by atoms with E-state index >= 15 is 0 Å². The van der Waals surface area contributed by atoms with Crippen LogP contribution in [0.2, 0.25) is 0 Å². The Kier molecular flexibility index (Phi) is 4.99. The number of aromatic nitrogens is 2. The molecule has 1 aromatic heterocycles. The molecule has 0 atom stereocenters. The number of hydrogen-bond acceptors (Lipinski definition) is 5. The fraction of sp³-hybridized carbons (Fsp3) is 0.353. The Labute approximate surface area is 149 Å². The number of halogens is 1. The zero-order valence-corrected chi connectivity index (χ0v) is 15.0. The van der Waals surface area contributed by atoms with Crippen molar-refractivity contribution < 1.29 is 9.90 Å². The molecule has 3 rings (SSSR count). The van der Waals surface area contributed by atoms with Gasteiger partial charge in [0.2, 0.25) is 0 Å². The lowest BCUT2D eigenvalue weighted by molar-refractivity contribution is -0.142. The van der Waals surface area contributed by atoms with Crippen molar-refractivity contribution >= 4 is 39.2 Å². The smallest absolute Gasteiger partial charge is 0.306 e. The van der Waals surface area contributed by atoms with Crippen LogP contribution in [0.1, 0.15) is 18.4 Å². The van der Waals surface area contributed by atoms with Gasteiger partial charge in [0.25, 0.3) is 0 Å². The molecule has 0 spiro atoms. The Morgan fingerprint density at radius 2 is 2.04 bits per heavy atom. The summed E-state index contributed by atoms with van der Waals surface area (Å²) in [5, 5.41) is 12.4. The second-order valence-corrected chi connectivity index (χ2v) is 6.80. The van der Waals surface area contributed by atoms with E-state index in [1.54, 1.807) is 0 Å². The lowest BCUT2D eigenvalue weighted by Gasteiger charge is -2.31. The van der Waals surface area contributed by atoms with E-state index in [0.29, 0.717) is 25.9 Å². The van der Waals surface area contributed by atoms with Crippen molar-refractivity contribution in [2.24, 2.45) is 5.92 Å². The summed E-state index contributed by atoms with van der Waals surface area (Å²) < 4.78 is 1.07. The van der Waals surface area contributed by atoms with E-state index in [-0.39, 0.29) is 5.92 Å². The van der Waals surface area contributed by atoms with Gasteiger partial charge in [-0.1, -0.05) is 15.9 Å². The molecule has 1 aliphatic heterocycles. The minimum absolute atomic E-state index is 0.244. The standard InChI is InChI=1S/C17H19BrN4O2/c1-11-8-13(2-3-14(11)18)21-15-9-16(20-10-19-15)22-6-4-12(5-7-22)17(23)24/h2-3,8-10,12H,4-7H2,1H3,(H,23,24)(H,19,20,21). The second-order valence-electron chi connectivity index (χ2n) is 5.95. The molecule has 2 heterocycles. The van der Waals surface area contributed by atoms with Crippen LogP contribution in [0.4, 0.5) is 17.3 Å². The zero-order chi connectivity index (χ0) is 17.1. The highest BCUT2D eigenvalue weighted by atomic mass is 79.9. The first-order valence-electron chi connectivity index (χ1n) is 7.86. The largest absolute Gasteiger partial charge is 0.481 e. The Morgan fingerprint density at radius 3 is 2.71 bits per heavy atom. The normalized spacial score (nSPS) is 15.3. The third-order valence-corrected chi connectivity index (χ3v) is 5.14. The summed E-state index contributed by atoms with van der Waals surface area (Å²) in [6.45, 7) is 3.43. The van der Waals surface area contributed by atoms with Gasteiger partial charge in [0, 0.05) is 29.3 Å². The summed E-state index contributed by atoms with van der Waals surface area (Å²) in [5.41, 5.74) is 2.11. The van der Waals surface area contributed by atoms with Crippen LogP contribution in [0.15, 0.2) is 35.1 Å². The van der Waals surface area contributed by atoms with Crippen LogP contribution in [0, 0.1) is 12.8 Å². The zero-order valence-electron chi connectivity index (χ0n) is 13.4. The molecule has 24 heavy (non-hydrogen) atoms. The van der Waals surface area contributed by atoms with Crippen LogP contribution in [-0.2, 0) is 4.79 Å². The molecule has 0 amide bonds. The predicted molar refractivity (Wildman–Crippen MR) is 96.8 cm³/mol. The van der Waals surface area contributed by atoms with E-state index in [0.717, 1.165) is 27.4 Å². The minimum Gasteiger partial charge on any atom is -0.481 e. The molecule has 0 aliphatic carbocycles. The van der Waals surface area contributed by atoms with Gasteiger partial charge >= 0.3 is 5.97 Å². The van der Waals surface area contributed by atoms with Gasteiger partial charge in [0.05, 0.1) is 5.92 Å². The second kappa shape index (κ2) is 7.17. The number of hydrogen-bond donors (Lipinski definition) is 2. The maximum absolute atomic E-state index is 11.0. The average molecular weight is 391 g/mol. The van der Waals surface area contributed by atoms with Gasteiger partial charge in [0.1, 0.15) is 18.0 Å². The third-order valence-electron chi connectivity index (χ3n) is 4.25. The highest BCUT2D eigenvalue weighted by Crippen LogP contribution is 2.25. The molecule has 126 valence electrons. The molecule has 1 fully saturated rings. The van der Waals surface area contributed by atoms with Crippen LogP contribution >= 0.6 is 15.9 Å². The summed E-state index contributed by atoms with van der Waals surface area (Å²) in [7, 11) is 0. The van der Waals surface area contributed by atoms with E-state index in [2.05, 4.69) is 36.1 Å². The van der Waals surface area contributed by atoms with Gasteiger partial charge in [-0.15, -0.1) is 0 Å². The Hall–Kier alpha value is -2.15. The van der Waals surface area contributed by atoms with Crippen molar-refractivity contribution in [2.75, 3.05) is 23.3 Å². The van der Waals surface area contributed by atoms with Crippen LogP contribution < -0.4 is 10.2 Å². The van der Waals surface area contributed by atoms with Gasteiger partial charge in [-0.25, -0.2) is 9.97 Å². The lowest BCUT2D eigenvalue weighted by Crippen LogP contribution is -2.36. The summed E-state index contributed by atoms with van der Waals surface area (Å²) in [4.78, 5) is 21.8. The summed E-state index contributed by atoms with van der Waals surface area (Å²) >= 11 is 3.49. The fourth-order valence-corrected chi connectivity index (χ4v) is 3.06. The van der Waals surface area contributed by atoms with Crippen molar-refractivity contribution in [1.29, 1.82) is 0 Å². The molecule has 0 saturated carbocycles. The van der Waals surface area contributed by atoms with Crippen LogP contribution in [0.25, 0.3) is 0 Å². The van der Waals surface area contributed by atoms with Gasteiger partial charge in [0.15, 0.2) is 0 Å². The van der Waals surface area contributed by atoms with Crippen molar-refractivity contribution in [2.45, 2.75) is 19.8 Å². The SMILES string of the molecule is Cc1cc(Nc2cc(N3CCC(C(=O)O)CC3)ncn2)ccc1Br. The number of nitrogens with one attached hydrogen (secondary N) is 1. The van der Waals surface area contributed by atoms with E-state index < -0.39 is 5.97 Å². The molecule has 2 aromatic rings. The summed E-state index contributed by atoms with van der Waals surface area (Å²) in [6, 6.07) is 7.93. The van der Waals surface area contributed by atoms with E-state index in [4.69, 9.17) is 5.11 Å². The number of piperidine rings is 1. The maximum Gasteiger partial charge on any atom is 0.306 e. The van der Waals surface area contributed by atoms with Gasteiger partial charge in [-0.3, -0.25) is 4.79 Å². The monoisotopic (exact) mass is 390 g/mol. The molecule has 1 aromatic carbocycles. The molecule has 7 heteroatoms. The minimum atomic E-state index is -0.703. The maximum atomic E-state index is 11.0. The Morgan fingerprint density at radius 1 is 1.29 bits per heavy atom. The van der Waals surface area contributed by atoms with Crippen LogP contribution in [0.5, 0.6) is 0 Å². The molecule has 1 aliphatic rings. The molecule has 1 saturated heterocycles.